The van der Waals surface area contributed by atoms with Gasteiger partial charge >= 0.3 is 0 Å². The number of rotatable bonds is 3. The van der Waals surface area contributed by atoms with E-state index in [1.807, 2.05) is 0 Å². The van der Waals surface area contributed by atoms with Gasteiger partial charge in [-0.15, -0.1) is 0 Å². The Labute approximate surface area is 95.9 Å². The van der Waals surface area contributed by atoms with Crippen molar-refractivity contribution in [1.82, 2.24) is 4.98 Å². The fourth-order valence-electron chi connectivity index (χ4n) is 1.08. The minimum Gasteiger partial charge on any atom is -0.390 e. The smallest absolute Gasteiger partial charge is 0.134 e. The fourth-order valence-corrected chi connectivity index (χ4v) is 1.64. The third-order valence-electron chi connectivity index (χ3n) is 1.93. The van der Waals surface area contributed by atoms with E-state index in [4.69, 9.17) is 11.6 Å². The van der Waals surface area contributed by atoms with Gasteiger partial charge in [-0.2, -0.15) is 0 Å². The van der Waals surface area contributed by atoms with Crippen LogP contribution in [0, 0.1) is 0 Å². The van der Waals surface area contributed by atoms with E-state index in [0.717, 1.165) is 4.47 Å². The van der Waals surface area contributed by atoms with Gasteiger partial charge in [-0.3, -0.25) is 0 Å². The van der Waals surface area contributed by atoms with Gasteiger partial charge in [0.25, 0.3) is 0 Å². The lowest BCUT2D eigenvalue weighted by atomic mass is 10.1. The first kappa shape index (κ1) is 11.9. The molecular weight excluding hydrogens is 269 g/mol. The highest BCUT2D eigenvalue weighted by atomic mass is 79.9. The number of hydrogen-bond donors (Lipinski definition) is 2. The van der Waals surface area contributed by atoms with E-state index in [9.17, 15) is 10.2 Å². The summed E-state index contributed by atoms with van der Waals surface area (Å²) in [4.78, 5) is 3.86. The van der Waals surface area contributed by atoms with Gasteiger partial charge in [0.05, 0.1) is 6.10 Å². The maximum absolute atomic E-state index is 9.70. The molecule has 2 unspecified atom stereocenters. The van der Waals surface area contributed by atoms with Crippen LogP contribution in [-0.4, -0.2) is 21.3 Å². The zero-order valence-electron chi connectivity index (χ0n) is 7.61. The summed E-state index contributed by atoms with van der Waals surface area (Å²) in [6.07, 6.45) is 0.196. The Bertz CT molecular complexity index is 322. The van der Waals surface area contributed by atoms with Crippen molar-refractivity contribution in [2.24, 2.45) is 0 Å². The minimum atomic E-state index is -0.988. The molecule has 0 bridgehead atoms. The predicted molar refractivity (Wildman–Crippen MR) is 58.2 cm³/mol. The lowest BCUT2D eigenvalue weighted by molar-refractivity contribution is 0.0163. The molecule has 0 fully saturated rings. The third kappa shape index (κ3) is 2.67. The average Bonchev–Trinajstić information content (AvgIpc) is 2.19. The molecule has 0 saturated heterocycles. The topological polar surface area (TPSA) is 53.4 Å². The van der Waals surface area contributed by atoms with Crippen LogP contribution in [0.15, 0.2) is 16.7 Å². The second-order valence-electron chi connectivity index (χ2n) is 2.95. The highest BCUT2D eigenvalue weighted by molar-refractivity contribution is 9.10. The number of aliphatic hydroxyl groups is 2. The number of halogens is 2. The van der Waals surface area contributed by atoms with Crippen LogP contribution in [0.1, 0.15) is 25.0 Å². The van der Waals surface area contributed by atoms with Crippen molar-refractivity contribution in [2.45, 2.75) is 25.6 Å². The molecule has 0 amide bonds. The first-order valence-electron chi connectivity index (χ1n) is 4.23. The Morgan fingerprint density at radius 3 is 2.79 bits per heavy atom. The Balaban J connectivity index is 2.99. The van der Waals surface area contributed by atoms with E-state index in [0.29, 0.717) is 12.0 Å². The van der Waals surface area contributed by atoms with Gasteiger partial charge in [-0.1, -0.05) is 18.5 Å². The summed E-state index contributed by atoms with van der Waals surface area (Å²) in [6, 6.07) is 1.65. The highest BCUT2D eigenvalue weighted by Crippen LogP contribution is 2.27. The standard InChI is InChI=1S/C9H11BrClNO2/c1-2-7(13)8(14)6-3-5(10)4-12-9(6)11/h3-4,7-8,13-14H,2H2,1H3. The van der Waals surface area contributed by atoms with Crippen molar-refractivity contribution in [3.8, 4) is 0 Å². The highest BCUT2D eigenvalue weighted by Gasteiger charge is 2.19. The molecule has 78 valence electrons. The summed E-state index contributed by atoms with van der Waals surface area (Å²) < 4.78 is 0.722. The minimum absolute atomic E-state index is 0.216. The van der Waals surface area contributed by atoms with Crippen molar-refractivity contribution >= 4 is 27.5 Å². The average molecular weight is 281 g/mol. The molecule has 0 aliphatic heterocycles. The summed E-state index contributed by atoms with van der Waals surface area (Å²) in [7, 11) is 0. The van der Waals surface area contributed by atoms with Crippen molar-refractivity contribution in [3.05, 3.63) is 27.5 Å². The van der Waals surface area contributed by atoms with Gasteiger partial charge < -0.3 is 10.2 Å². The maximum Gasteiger partial charge on any atom is 0.134 e. The van der Waals surface area contributed by atoms with E-state index in [2.05, 4.69) is 20.9 Å². The largest absolute Gasteiger partial charge is 0.390 e. The van der Waals surface area contributed by atoms with E-state index >= 15 is 0 Å². The summed E-state index contributed by atoms with van der Waals surface area (Å²) in [5.41, 5.74) is 0.440. The van der Waals surface area contributed by atoms with Gasteiger partial charge in [-0.25, -0.2) is 4.98 Å². The molecule has 14 heavy (non-hydrogen) atoms. The van der Waals surface area contributed by atoms with Crippen molar-refractivity contribution in [3.63, 3.8) is 0 Å². The first-order chi connectivity index (χ1) is 6.56. The number of aromatic nitrogens is 1. The molecule has 1 rings (SSSR count). The van der Waals surface area contributed by atoms with Crippen LogP contribution in [0.25, 0.3) is 0 Å². The zero-order chi connectivity index (χ0) is 10.7. The Morgan fingerprint density at radius 2 is 2.21 bits per heavy atom. The molecule has 0 aromatic carbocycles. The van der Waals surface area contributed by atoms with Gasteiger partial charge in [0, 0.05) is 16.2 Å². The summed E-state index contributed by atoms with van der Waals surface area (Å²) >= 11 is 9.01. The molecule has 1 aromatic rings. The van der Waals surface area contributed by atoms with Crippen LogP contribution < -0.4 is 0 Å². The molecule has 0 spiro atoms. The molecule has 0 radical (unpaired) electrons. The van der Waals surface area contributed by atoms with Gasteiger partial charge in [0.2, 0.25) is 0 Å². The molecule has 0 aliphatic rings. The molecule has 1 heterocycles. The third-order valence-corrected chi connectivity index (χ3v) is 2.68. The Kier molecular flexibility index (Phi) is 4.31. The molecule has 0 saturated carbocycles. The quantitative estimate of drug-likeness (QED) is 0.835. The molecule has 3 nitrogen and oxygen atoms in total. The van der Waals surface area contributed by atoms with Gasteiger partial charge in [0.15, 0.2) is 0 Å². The molecule has 2 atom stereocenters. The van der Waals surface area contributed by atoms with Crippen LogP contribution in [-0.2, 0) is 0 Å². The fraction of sp³-hybridized carbons (Fsp3) is 0.444. The molecule has 2 N–H and O–H groups in total. The van der Waals surface area contributed by atoms with Crippen LogP contribution in [0.2, 0.25) is 5.15 Å². The van der Waals surface area contributed by atoms with Crippen LogP contribution in [0.3, 0.4) is 0 Å². The normalized spacial score (nSPS) is 15.2. The number of nitrogens with zero attached hydrogens (tertiary/aromatic N) is 1. The molecule has 5 heteroatoms. The van der Waals surface area contributed by atoms with E-state index in [-0.39, 0.29) is 5.15 Å². The Hall–Kier alpha value is -0.160. The van der Waals surface area contributed by atoms with E-state index in [1.54, 1.807) is 13.0 Å². The zero-order valence-corrected chi connectivity index (χ0v) is 9.96. The van der Waals surface area contributed by atoms with Crippen LogP contribution in [0.4, 0.5) is 0 Å². The van der Waals surface area contributed by atoms with Gasteiger partial charge in [-0.05, 0) is 28.4 Å². The van der Waals surface area contributed by atoms with Crippen molar-refractivity contribution in [2.75, 3.05) is 0 Å². The first-order valence-corrected chi connectivity index (χ1v) is 5.40. The SMILES string of the molecule is CCC(O)C(O)c1cc(Br)cnc1Cl. The summed E-state index contributed by atoms with van der Waals surface area (Å²) in [5, 5.41) is 19.4. The van der Waals surface area contributed by atoms with Crippen LogP contribution in [0.5, 0.6) is 0 Å². The predicted octanol–water partition coefficient (Wildman–Crippen LogP) is 2.30. The van der Waals surface area contributed by atoms with E-state index < -0.39 is 12.2 Å². The molecule has 0 aliphatic carbocycles. The Morgan fingerprint density at radius 1 is 1.57 bits per heavy atom. The van der Waals surface area contributed by atoms with Gasteiger partial charge in [0.1, 0.15) is 11.3 Å². The summed E-state index contributed by atoms with van der Waals surface area (Å²) in [6.45, 7) is 1.78. The lowest BCUT2D eigenvalue weighted by Crippen LogP contribution is -2.17. The van der Waals surface area contributed by atoms with Crippen LogP contribution >= 0.6 is 27.5 Å². The van der Waals surface area contributed by atoms with Crippen molar-refractivity contribution in [1.29, 1.82) is 0 Å². The molecular formula is C9H11BrClNO2. The number of pyridine rings is 1. The second-order valence-corrected chi connectivity index (χ2v) is 4.23. The van der Waals surface area contributed by atoms with E-state index in [1.165, 1.54) is 6.20 Å². The number of aliphatic hydroxyl groups excluding tert-OH is 2. The lowest BCUT2D eigenvalue weighted by Gasteiger charge is -2.17. The number of hydrogen-bond acceptors (Lipinski definition) is 3. The van der Waals surface area contributed by atoms with Crippen molar-refractivity contribution < 1.29 is 10.2 Å². The maximum atomic E-state index is 9.70. The molecule has 1 aromatic heterocycles. The monoisotopic (exact) mass is 279 g/mol. The summed E-state index contributed by atoms with van der Waals surface area (Å²) in [5.74, 6) is 0. The second kappa shape index (κ2) is 5.07.